The largest absolute Gasteiger partial charge is 0.316 e. The Kier molecular flexibility index (Phi) is 27.6. The maximum Gasteiger partial charge on any atom is 0.00987 e. The van der Waals surface area contributed by atoms with E-state index >= 15 is 0 Å². The normalized spacial score (nSPS) is 39.7. The molecule has 0 aromatic rings. The Balaban J connectivity index is 0.000000134. The van der Waals surface area contributed by atoms with Gasteiger partial charge in [-0.1, -0.05) is 189 Å². The topological polar surface area (TPSA) is 48.1 Å². The molecule has 4 N–H and O–H groups in total. The molecule has 4 nitrogen and oxygen atoms in total. The molecule has 0 aromatic carbocycles. The van der Waals surface area contributed by atoms with Crippen LogP contribution in [0.4, 0.5) is 0 Å². The Labute approximate surface area is 558 Å². The summed E-state index contributed by atoms with van der Waals surface area (Å²) < 4.78 is 0. The van der Waals surface area contributed by atoms with Gasteiger partial charge in [0.15, 0.2) is 0 Å². The van der Waals surface area contributed by atoms with Gasteiger partial charge in [-0.05, 0) is 344 Å². The second kappa shape index (κ2) is 32.9. The highest BCUT2D eigenvalue weighted by Crippen LogP contribution is 2.60. The zero-order valence-electron chi connectivity index (χ0n) is 63.7. The van der Waals surface area contributed by atoms with E-state index in [9.17, 15) is 0 Å². The Morgan fingerprint density at radius 2 is 0.652 bits per heavy atom. The summed E-state index contributed by atoms with van der Waals surface area (Å²) in [7, 11) is 0. The van der Waals surface area contributed by atoms with Crippen molar-refractivity contribution in [2.75, 3.05) is 45.8 Å². The van der Waals surface area contributed by atoms with E-state index < -0.39 is 0 Å². The predicted octanol–water partition coefficient (Wildman–Crippen LogP) is 22.9. The van der Waals surface area contributed by atoms with Crippen LogP contribution in [0.5, 0.6) is 0 Å². The molecule has 18 unspecified atom stereocenters. The zero-order chi connectivity index (χ0) is 64.5. The fourth-order valence-electron chi connectivity index (χ4n) is 23.2. The van der Waals surface area contributed by atoms with Crippen molar-refractivity contribution in [1.29, 1.82) is 0 Å². The molecule has 14 fully saturated rings. The predicted molar refractivity (Wildman–Crippen MR) is 390 cm³/mol. The fraction of sp³-hybridized carbons (Fsp3) is 1.00. The number of hydrogen-bond acceptors (Lipinski definition) is 4. The van der Waals surface area contributed by atoms with Gasteiger partial charge in [-0.15, -0.1) is 0 Å². The Morgan fingerprint density at radius 1 is 0.281 bits per heavy atom. The highest BCUT2D eigenvalue weighted by Gasteiger charge is 2.49. The van der Waals surface area contributed by atoms with Crippen LogP contribution in [0.2, 0.25) is 0 Å². The quantitative estimate of drug-likeness (QED) is 0.223. The molecule has 1 spiro atoms. The van der Waals surface area contributed by atoms with Crippen LogP contribution in [0.25, 0.3) is 0 Å². The van der Waals surface area contributed by atoms with Crippen molar-refractivity contribution >= 4 is 0 Å². The average Bonchev–Trinajstić information content (AvgIpc) is 2.20. The molecular weight excluding hydrogens is 1080 g/mol. The third kappa shape index (κ3) is 21.4. The summed E-state index contributed by atoms with van der Waals surface area (Å²) in [6.45, 7) is 54.8. The van der Waals surface area contributed by atoms with Gasteiger partial charge in [0, 0.05) is 6.04 Å². The SMILES string of the molecule is CC(C)(C)C1CC2CCNC2C1.CC(C)(C)C1CC2CCNCC2C1.CC(C)(C)C1CCC2CCCC2C1.CC(C)(C)C1CCC2CNCCC2C1.CC(C)(C)C1CCCC12CCCC2.CC(C)C1CC2CCCC2C1.CC(C)C1CCC2CCNCC2C1. The van der Waals surface area contributed by atoms with E-state index in [0.29, 0.717) is 27.1 Å². The van der Waals surface area contributed by atoms with Gasteiger partial charge in [0.2, 0.25) is 0 Å². The van der Waals surface area contributed by atoms with Gasteiger partial charge in [0.05, 0.1) is 0 Å². The summed E-state index contributed by atoms with van der Waals surface area (Å²) in [6.07, 6.45) is 48.1. The number of fused-ring (bicyclic) bond motifs is 6. The van der Waals surface area contributed by atoms with Gasteiger partial charge in [0.1, 0.15) is 0 Å². The van der Waals surface area contributed by atoms with Crippen molar-refractivity contribution in [2.45, 2.75) is 343 Å². The zero-order valence-corrected chi connectivity index (χ0v) is 63.7. The van der Waals surface area contributed by atoms with Gasteiger partial charge < -0.3 is 21.3 Å². The van der Waals surface area contributed by atoms with Crippen molar-refractivity contribution in [3.63, 3.8) is 0 Å². The summed E-state index contributed by atoms with van der Waals surface area (Å²) in [6, 6.07) is 0.870. The molecule has 4 saturated heterocycles. The van der Waals surface area contributed by atoms with Crippen LogP contribution >= 0.6 is 0 Å². The molecule has 0 aromatic heterocycles. The maximum absolute atomic E-state index is 3.62. The van der Waals surface area contributed by atoms with Crippen molar-refractivity contribution in [3.8, 4) is 0 Å². The van der Waals surface area contributed by atoms with Crippen LogP contribution in [0.3, 0.4) is 0 Å². The lowest BCUT2D eigenvalue weighted by atomic mass is 9.64. The Bertz CT molecular complexity index is 1940. The van der Waals surface area contributed by atoms with Crippen LogP contribution in [0, 0.1) is 151 Å². The van der Waals surface area contributed by atoms with Crippen molar-refractivity contribution in [2.24, 2.45) is 151 Å². The minimum atomic E-state index is 0.534. The number of piperidine rings is 3. The number of nitrogens with one attached hydrogen (secondary N) is 4. The molecule has 4 heterocycles. The lowest BCUT2D eigenvalue weighted by Gasteiger charge is -2.44. The molecule has 10 aliphatic carbocycles. The molecule has 0 amide bonds. The standard InChI is InChI=1S/C13H25N.2C13H24.2C12H23N.C11H21N.C11H20/c1-13(2,3)12-5-4-11-9-14-7-6-10(11)8-12;1-12(2,3)11-7-6-10-13(11)8-4-5-9-13;1-13(2,3)12-8-7-10-5-4-6-11(10)9-12;1-12(2,3)11-6-9-4-5-13-8-10(9)7-11;1-9(2)11-4-3-10-5-6-13-8-12(10)7-11;1-11(2,3)9-6-8-4-5-12-10(8)7-9;1-8(2)11-6-9-4-3-5-10(9)7-11/h10-12,14H,4-9H2,1-3H3;11H,4-10H2,1-3H3;10-12H,4-9H2,1-3H3;9-11,13H,4-8H2,1-3H3;9-13H,3-8H2,1-2H3;8-10,12H,4-7H2,1-3H3;8-11H,3-7H2,1-2H3. The van der Waals surface area contributed by atoms with Gasteiger partial charge in [-0.2, -0.15) is 0 Å². The smallest absolute Gasteiger partial charge is 0.00987 e. The van der Waals surface area contributed by atoms with Crippen LogP contribution in [-0.4, -0.2) is 51.9 Å². The summed E-state index contributed by atoms with van der Waals surface area (Å²) >= 11 is 0. The van der Waals surface area contributed by atoms with Crippen LogP contribution < -0.4 is 21.3 Å². The average molecular weight is 1240 g/mol. The molecule has 89 heavy (non-hydrogen) atoms. The summed E-state index contributed by atoms with van der Waals surface area (Å²) in [5.41, 5.74) is 3.52. The molecular formula is C85H160N4. The molecule has 18 atom stereocenters. The third-order valence-electron chi connectivity index (χ3n) is 29.7. The summed E-state index contributed by atoms with van der Waals surface area (Å²) in [5, 5.41) is 14.2. The lowest BCUT2D eigenvalue weighted by molar-refractivity contribution is 0.0794. The molecule has 14 rings (SSSR count). The first-order valence-electron chi connectivity index (χ1n) is 40.7. The maximum atomic E-state index is 3.62. The van der Waals surface area contributed by atoms with E-state index in [1.807, 2.05) is 0 Å². The van der Waals surface area contributed by atoms with Gasteiger partial charge in [0.25, 0.3) is 0 Å². The molecule has 4 heteroatoms. The molecule has 4 aliphatic heterocycles. The highest BCUT2D eigenvalue weighted by atomic mass is 15.0. The second-order valence-electron chi connectivity index (χ2n) is 41.0. The third-order valence-corrected chi connectivity index (χ3v) is 29.7. The van der Waals surface area contributed by atoms with Gasteiger partial charge >= 0.3 is 0 Å². The minimum absolute atomic E-state index is 0.534. The highest BCUT2D eigenvalue weighted by molar-refractivity contribution is 5.00. The fourth-order valence-corrected chi connectivity index (χ4v) is 23.2. The number of hydrogen-bond donors (Lipinski definition) is 4. The summed E-state index contributed by atoms with van der Waals surface area (Å²) in [4.78, 5) is 0. The Hall–Kier alpha value is -0.160. The van der Waals surface area contributed by atoms with E-state index in [1.165, 1.54) is 219 Å². The van der Waals surface area contributed by atoms with Crippen LogP contribution in [0.15, 0.2) is 0 Å². The van der Waals surface area contributed by atoms with Crippen LogP contribution in [0.1, 0.15) is 337 Å². The van der Waals surface area contributed by atoms with Gasteiger partial charge in [-0.25, -0.2) is 0 Å². The Morgan fingerprint density at radius 3 is 1.16 bits per heavy atom. The molecule has 0 bridgehead atoms. The first-order chi connectivity index (χ1) is 41.9. The monoisotopic (exact) mass is 1240 g/mol. The van der Waals surface area contributed by atoms with Crippen molar-refractivity contribution in [1.82, 2.24) is 21.3 Å². The van der Waals surface area contributed by atoms with E-state index in [1.54, 1.807) is 32.1 Å². The summed E-state index contributed by atoms with van der Waals surface area (Å²) in [5.74, 6) is 20.6. The van der Waals surface area contributed by atoms with Crippen molar-refractivity contribution < 1.29 is 0 Å². The first-order valence-corrected chi connectivity index (χ1v) is 40.7. The second-order valence-corrected chi connectivity index (χ2v) is 41.0. The first kappa shape index (κ1) is 74.6. The molecule has 14 aliphatic rings. The van der Waals surface area contributed by atoms with E-state index in [4.69, 9.17) is 0 Å². The van der Waals surface area contributed by atoms with E-state index in [-0.39, 0.29) is 0 Å². The van der Waals surface area contributed by atoms with Crippen molar-refractivity contribution in [3.05, 3.63) is 0 Å². The molecule has 0 radical (unpaired) electrons. The molecule has 10 saturated carbocycles. The van der Waals surface area contributed by atoms with E-state index in [2.05, 4.69) is 153 Å². The number of rotatable bonds is 2. The minimum Gasteiger partial charge on any atom is -0.316 e. The van der Waals surface area contributed by atoms with Crippen LogP contribution in [-0.2, 0) is 0 Å². The van der Waals surface area contributed by atoms with Gasteiger partial charge in [-0.3, -0.25) is 0 Å². The van der Waals surface area contributed by atoms with E-state index in [0.717, 1.165) is 130 Å². The lowest BCUT2D eigenvalue weighted by Crippen LogP contribution is -2.42. The molecule has 520 valence electrons.